The molecule has 0 saturated heterocycles. The fraction of sp³-hybridized carbons (Fsp3) is 0.600. The van der Waals surface area contributed by atoms with Crippen molar-refractivity contribution in [3.63, 3.8) is 0 Å². The summed E-state index contributed by atoms with van der Waals surface area (Å²) < 4.78 is 0. The lowest BCUT2D eigenvalue weighted by molar-refractivity contribution is 0.0494. The van der Waals surface area contributed by atoms with E-state index in [2.05, 4.69) is 37.1 Å². The van der Waals surface area contributed by atoms with E-state index in [1.54, 1.807) is 0 Å². The Morgan fingerprint density at radius 2 is 2.12 bits per heavy atom. The van der Waals surface area contributed by atoms with Gasteiger partial charge in [-0.15, -0.1) is 0 Å². The third-order valence-corrected chi connectivity index (χ3v) is 3.88. The molecule has 1 aliphatic rings. The topological polar surface area (TPSA) is 23.5 Å². The van der Waals surface area contributed by atoms with Crippen molar-refractivity contribution in [2.24, 2.45) is 0 Å². The smallest absolute Gasteiger partial charge is 0.0947 e. The fourth-order valence-electron chi connectivity index (χ4n) is 2.75. The lowest BCUT2D eigenvalue weighted by Gasteiger charge is -2.36. The lowest BCUT2D eigenvalue weighted by Crippen LogP contribution is -2.40. The zero-order valence-electron chi connectivity index (χ0n) is 10.9. The first-order valence-corrected chi connectivity index (χ1v) is 6.70. The van der Waals surface area contributed by atoms with Crippen molar-refractivity contribution in [1.29, 1.82) is 0 Å². The average molecular weight is 233 g/mol. The van der Waals surface area contributed by atoms with Gasteiger partial charge in [-0.25, -0.2) is 0 Å². The molecule has 1 aliphatic carbocycles. The van der Waals surface area contributed by atoms with E-state index in [0.717, 1.165) is 24.9 Å². The standard InChI is InChI=1S/C15H23NO/c1-3-4-11-16(2)14-10-9-12-7-5-6-8-13(12)15(14)17/h5-8,14-15,17H,3-4,9-11H2,1-2H3. The van der Waals surface area contributed by atoms with Gasteiger partial charge in [-0.2, -0.15) is 0 Å². The zero-order valence-corrected chi connectivity index (χ0v) is 10.9. The molecule has 0 saturated carbocycles. The van der Waals surface area contributed by atoms with E-state index in [1.807, 2.05) is 6.07 Å². The van der Waals surface area contributed by atoms with Crippen LogP contribution in [0.5, 0.6) is 0 Å². The molecule has 0 radical (unpaired) electrons. The lowest BCUT2D eigenvalue weighted by atomic mass is 9.85. The van der Waals surface area contributed by atoms with Crippen LogP contribution in [0.1, 0.15) is 43.4 Å². The number of aliphatic hydroxyl groups is 1. The number of fused-ring (bicyclic) bond motifs is 1. The van der Waals surface area contributed by atoms with E-state index in [4.69, 9.17) is 0 Å². The molecular formula is C15H23NO. The molecule has 0 bridgehead atoms. The molecule has 0 heterocycles. The number of aliphatic hydroxyl groups excluding tert-OH is 1. The van der Waals surface area contributed by atoms with Gasteiger partial charge in [0.15, 0.2) is 0 Å². The highest BCUT2D eigenvalue weighted by Gasteiger charge is 2.29. The average Bonchev–Trinajstić information content (AvgIpc) is 2.37. The van der Waals surface area contributed by atoms with Gasteiger partial charge >= 0.3 is 0 Å². The Labute approximate surface area is 104 Å². The molecule has 2 unspecified atom stereocenters. The van der Waals surface area contributed by atoms with Gasteiger partial charge < -0.3 is 10.0 Å². The molecule has 0 aliphatic heterocycles. The van der Waals surface area contributed by atoms with Crippen LogP contribution in [0.3, 0.4) is 0 Å². The van der Waals surface area contributed by atoms with Crippen molar-refractivity contribution in [3.8, 4) is 0 Å². The highest BCUT2D eigenvalue weighted by Crippen LogP contribution is 2.32. The number of aryl methyl sites for hydroxylation is 1. The van der Waals surface area contributed by atoms with Gasteiger partial charge in [0, 0.05) is 6.04 Å². The molecule has 94 valence electrons. The van der Waals surface area contributed by atoms with Crippen LogP contribution >= 0.6 is 0 Å². The van der Waals surface area contributed by atoms with Crippen LogP contribution in [0.4, 0.5) is 0 Å². The molecule has 17 heavy (non-hydrogen) atoms. The van der Waals surface area contributed by atoms with Crippen LogP contribution in [0, 0.1) is 0 Å². The first kappa shape index (κ1) is 12.6. The Bertz CT molecular complexity index is 364. The molecule has 0 aromatic heterocycles. The minimum absolute atomic E-state index is 0.288. The van der Waals surface area contributed by atoms with Crippen LogP contribution < -0.4 is 0 Å². The predicted molar refractivity (Wildman–Crippen MR) is 71.0 cm³/mol. The Balaban J connectivity index is 2.08. The second-order valence-electron chi connectivity index (χ2n) is 5.08. The third-order valence-electron chi connectivity index (χ3n) is 3.88. The quantitative estimate of drug-likeness (QED) is 0.864. The molecule has 1 aromatic carbocycles. The maximum absolute atomic E-state index is 10.4. The van der Waals surface area contributed by atoms with E-state index in [1.165, 1.54) is 18.4 Å². The molecule has 2 atom stereocenters. The van der Waals surface area contributed by atoms with Crippen molar-refractivity contribution in [2.75, 3.05) is 13.6 Å². The number of unbranched alkanes of at least 4 members (excludes halogenated alkanes) is 1. The maximum Gasteiger partial charge on any atom is 0.0947 e. The van der Waals surface area contributed by atoms with Gasteiger partial charge in [-0.05, 0) is 44.0 Å². The number of hydrogen-bond donors (Lipinski definition) is 1. The summed E-state index contributed by atoms with van der Waals surface area (Å²) in [7, 11) is 2.14. The summed E-state index contributed by atoms with van der Waals surface area (Å²) in [6.45, 7) is 3.29. The minimum Gasteiger partial charge on any atom is -0.387 e. The summed E-state index contributed by atoms with van der Waals surface area (Å²) in [4.78, 5) is 2.32. The molecule has 0 amide bonds. The summed E-state index contributed by atoms with van der Waals surface area (Å²) in [6.07, 6.45) is 4.26. The number of rotatable bonds is 4. The first-order valence-electron chi connectivity index (χ1n) is 6.70. The van der Waals surface area contributed by atoms with Crippen molar-refractivity contribution < 1.29 is 5.11 Å². The number of nitrogens with zero attached hydrogens (tertiary/aromatic N) is 1. The molecule has 0 fully saturated rings. The third kappa shape index (κ3) is 2.70. The fourth-order valence-corrected chi connectivity index (χ4v) is 2.75. The molecule has 2 heteroatoms. The van der Waals surface area contributed by atoms with Crippen molar-refractivity contribution in [3.05, 3.63) is 35.4 Å². The van der Waals surface area contributed by atoms with Crippen molar-refractivity contribution in [2.45, 2.75) is 44.8 Å². The number of likely N-dealkylation sites (N-methyl/N-ethyl adjacent to an activating group) is 1. The number of benzene rings is 1. The Hall–Kier alpha value is -0.860. The van der Waals surface area contributed by atoms with Crippen LogP contribution in [-0.2, 0) is 6.42 Å². The highest BCUT2D eigenvalue weighted by atomic mass is 16.3. The van der Waals surface area contributed by atoms with Gasteiger partial charge in [-0.3, -0.25) is 0 Å². The summed E-state index contributed by atoms with van der Waals surface area (Å²) in [5.74, 6) is 0. The molecule has 1 N–H and O–H groups in total. The largest absolute Gasteiger partial charge is 0.387 e. The Kier molecular flexibility index (Phi) is 4.19. The highest BCUT2D eigenvalue weighted by molar-refractivity contribution is 5.32. The van der Waals surface area contributed by atoms with E-state index in [9.17, 15) is 5.11 Å². The predicted octanol–water partition coefficient (Wildman–Crippen LogP) is 2.77. The van der Waals surface area contributed by atoms with E-state index in [-0.39, 0.29) is 12.1 Å². The van der Waals surface area contributed by atoms with Crippen LogP contribution in [0.25, 0.3) is 0 Å². The van der Waals surface area contributed by atoms with Gasteiger partial charge in [0.2, 0.25) is 0 Å². The molecular weight excluding hydrogens is 210 g/mol. The van der Waals surface area contributed by atoms with Gasteiger partial charge in [0.1, 0.15) is 0 Å². The summed E-state index contributed by atoms with van der Waals surface area (Å²) in [5, 5.41) is 10.4. The normalized spacial score (nSPS) is 23.8. The van der Waals surface area contributed by atoms with E-state index >= 15 is 0 Å². The minimum atomic E-state index is -0.318. The SMILES string of the molecule is CCCCN(C)C1CCc2ccccc2C1O. The first-order chi connectivity index (χ1) is 8.24. The molecule has 2 nitrogen and oxygen atoms in total. The molecule has 0 spiro atoms. The van der Waals surface area contributed by atoms with Crippen molar-refractivity contribution >= 4 is 0 Å². The maximum atomic E-state index is 10.4. The second kappa shape index (κ2) is 5.65. The second-order valence-corrected chi connectivity index (χ2v) is 5.08. The Morgan fingerprint density at radius 1 is 1.35 bits per heavy atom. The summed E-state index contributed by atoms with van der Waals surface area (Å²) >= 11 is 0. The molecule has 2 rings (SSSR count). The van der Waals surface area contributed by atoms with E-state index in [0.29, 0.717) is 0 Å². The van der Waals surface area contributed by atoms with Crippen LogP contribution in [0.2, 0.25) is 0 Å². The Morgan fingerprint density at radius 3 is 2.88 bits per heavy atom. The van der Waals surface area contributed by atoms with E-state index < -0.39 is 0 Å². The summed E-state index contributed by atoms with van der Waals surface area (Å²) in [5.41, 5.74) is 2.45. The summed E-state index contributed by atoms with van der Waals surface area (Å²) in [6, 6.07) is 8.58. The van der Waals surface area contributed by atoms with Gasteiger partial charge in [0.05, 0.1) is 6.10 Å². The number of hydrogen-bond acceptors (Lipinski definition) is 2. The van der Waals surface area contributed by atoms with Crippen LogP contribution in [-0.4, -0.2) is 29.6 Å². The monoisotopic (exact) mass is 233 g/mol. The van der Waals surface area contributed by atoms with Crippen LogP contribution in [0.15, 0.2) is 24.3 Å². The van der Waals surface area contributed by atoms with Gasteiger partial charge in [0.25, 0.3) is 0 Å². The van der Waals surface area contributed by atoms with Crippen molar-refractivity contribution in [1.82, 2.24) is 4.90 Å². The zero-order chi connectivity index (χ0) is 12.3. The molecule has 1 aromatic rings. The van der Waals surface area contributed by atoms with Gasteiger partial charge in [-0.1, -0.05) is 37.6 Å².